The summed E-state index contributed by atoms with van der Waals surface area (Å²) in [7, 11) is 0. The number of rotatable bonds is 4. The Bertz CT molecular complexity index is 1430. The third kappa shape index (κ3) is 3.39. The fourth-order valence-corrected chi connectivity index (χ4v) is 3.12. The van der Waals surface area contributed by atoms with Crippen LogP contribution in [0.5, 0.6) is 0 Å². The molecule has 0 fully saturated rings. The van der Waals surface area contributed by atoms with Gasteiger partial charge in [-0.05, 0) is 30.3 Å². The van der Waals surface area contributed by atoms with E-state index >= 15 is 0 Å². The van der Waals surface area contributed by atoms with Crippen molar-refractivity contribution in [1.29, 1.82) is 0 Å². The van der Waals surface area contributed by atoms with E-state index in [1.54, 1.807) is 12.1 Å². The van der Waals surface area contributed by atoms with Gasteiger partial charge in [-0.1, -0.05) is 0 Å². The van der Waals surface area contributed by atoms with Gasteiger partial charge in [-0.25, -0.2) is 22.5 Å². The second-order valence-corrected chi connectivity index (χ2v) is 6.59. The third-order valence-corrected chi connectivity index (χ3v) is 4.59. The van der Waals surface area contributed by atoms with E-state index in [0.29, 0.717) is 28.2 Å². The predicted molar refractivity (Wildman–Crippen MR) is 103 cm³/mol. The zero-order valence-electron chi connectivity index (χ0n) is 15.5. The summed E-state index contributed by atoms with van der Waals surface area (Å²) in [5, 5.41) is 15.5. The molecular weight excluding hydrogens is 414 g/mol. The van der Waals surface area contributed by atoms with Crippen molar-refractivity contribution in [3.8, 4) is 11.3 Å². The van der Waals surface area contributed by atoms with Crippen molar-refractivity contribution in [3.63, 3.8) is 0 Å². The molecule has 1 aromatic carbocycles. The summed E-state index contributed by atoms with van der Waals surface area (Å²) in [5.74, 6) is -4.26. The monoisotopic (exact) mass is 425 g/mol. The van der Waals surface area contributed by atoms with Crippen LogP contribution in [0.1, 0.15) is 5.82 Å². The van der Waals surface area contributed by atoms with Crippen LogP contribution in [0, 0.1) is 23.3 Å². The number of pyridine rings is 2. The fraction of sp³-hybridized carbons (Fsp3) is 0.0500. The van der Waals surface area contributed by atoms with E-state index in [0.717, 1.165) is 18.3 Å². The first-order valence-electron chi connectivity index (χ1n) is 9.00. The molecule has 7 nitrogen and oxygen atoms in total. The van der Waals surface area contributed by atoms with Crippen LogP contribution >= 0.6 is 0 Å². The number of nitrogens with zero attached hydrogens (tertiary/aromatic N) is 6. The zero-order valence-corrected chi connectivity index (χ0v) is 15.5. The Balaban J connectivity index is 1.48. The average Bonchev–Trinajstić information content (AvgIpc) is 3.17. The quantitative estimate of drug-likeness (QED) is 0.348. The number of hydrogen-bond acceptors (Lipinski definition) is 6. The Kier molecular flexibility index (Phi) is 4.42. The summed E-state index contributed by atoms with van der Waals surface area (Å²) in [6.45, 7) is 0.169. The van der Waals surface area contributed by atoms with Gasteiger partial charge in [-0.2, -0.15) is 9.61 Å². The van der Waals surface area contributed by atoms with Crippen LogP contribution in [-0.4, -0.2) is 29.8 Å². The van der Waals surface area contributed by atoms with Crippen molar-refractivity contribution in [2.24, 2.45) is 0 Å². The lowest BCUT2D eigenvalue weighted by atomic mass is 10.1. The molecule has 0 aliphatic heterocycles. The first-order chi connectivity index (χ1) is 15.0. The molecule has 0 saturated heterocycles. The van der Waals surface area contributed by atoms with Crippen LogP contribution in [0.15, 0.2) is 48.8 Å². The molecule has 0 radical (unpaired) electrons. The zero-order chi connectivity index (χ0) is 21.5. The van der Waals surface area contributed by atoms with E-state index in [9.17, 15) is 17.6 Å². The van der Waals surface area contributed by atoms with E-state index in [1.165, 1.54) is 22.8 Å². The van der Waals surface area contributed by atoms with Crippen LogP contribution in [0.3, 0.4) is 0 Å². The van der Waals surface area contributed by atoms with Crippen LogP contribution in [-0.2, 0) is 6.54 Å². The number of halogens is 4. The molecule has 5 rings (SSSR count). The van der Waals surface area contributed by atoms with Gasteiger partial charge in [-0.3, -0.25) is 4.98 Å². The number of benzene rings is 1. The summed E-state index contributed by atoms with van der Waals surface area (Å²) in [6.07, 6.45) is 2.61. The SMILES string of the molecule is Fc1cnc2c(NCc3nnc4ccc(-c5cc(F)c(F)c(F)c5)nn34)ccnc2c1. The van der Waals surface area contributed by atoms with Crippen molar-refractivity contribution in [2.45, 2.75) is 6.54 Å². The topological polar surface area (TPSA) is 80.9 Å². The van der Waals surface area contributed by atoms with Crippen molar-refractivity contribution >= 4 is 22.4 Å². The first kappa shape index (κ1) is 18.9. The van der Waals surface area contributed by atoms with E-state index in [1.807, 2.05) is 0 Å². The minimum absolute atomic E-state index is 0.0669. The molecule has 4 aromatic heterocycles. The number of anilines is 1. The molecule has 0 amide bonds. The highest BCUT2D eigenvalue weighted by atomic mass is 19.2. The molecule has 0 bridgehead atoms. The standard InChI is InChI=1S/C20H11F4N7/c21-11-7-16-20(27-8-11)15(3-4-25-16)26-9-18-29-28-17-2-1-14(30-31(17)18)10-5-12(22)19(24)13(23)6-10/h1-8H,9H2,(H,25,26). The number of aromatic nitrogens is 6. The fourth-order valence-electron chi connectivity index (χ4n) is 3.12. The maximum absolute atomic E-state index is 13.6. The molecule has 0 unspecified atom stereocenters. The van der Waals surface area contributed by atoms with Crippen LogP contribution in [0.25, 0.3) is 27.9 Å². The molecular formula is C20H11F4N7. The Morgan fingerprint density at radius 3 is 2.52 bits per heavy atom. The molecule has 0 spiro atoms. The van der Waals surface area contributed by atoms with Gasteiger partial charge in [0.05, 0.1) is 29.6 Å². The molecule has 0 aliphatic rings. The maximum Gasteiger partial charge on any atom is 0.194 e. The van der Waals surface area contributed by atoms with Gasteiger partial charge in [0.1, 0.15) is 11.3 Å². The van der Waals surface area contributed by atoms with Crippen LogP contribution in [0.4, 0.5) is 23.2 Å². The number of hydrogen-bond donors (Lipinski definition) is 1. The molecule has 5 aromatic rings. The summed E-state index contributed by atoms with van der Waals surface area (Å²) >= 11 is 0. The lowest BCUT2D eigenvalue weighted by Crippen LogP contribution is -2.07. The highest BCUT2D eigenvalue weighted by Crippen LogP contribution is 2.23. The predicted octanol–water partition coefficient (Wildman–Crippen LogP) is 3.90. The summed E-state index contributed by atoms with van der Waals surface area (Å²) in [4.78, 5) is 8.15. The van der Waals surface area contributed by atoms with Gasteiger partial charge in [0.2, 0.25) is 0 Å². The molecule has 0 atom stereocenters. The lowest BCUT2D eigenvalue weighted by Gasteiger charge is -2.08. The Labute approximate surface area is 171 Å². The average molecular weight is 425 g/mol. The summed E-state index contributed by atoms with van der Waals surface area (Å²) in [5.41, 5.74) is 2.14. The number of fused-ring (bicyclic) bond motifs is 2. The molecule has 1 N–H and O–H groups in total. The van der Waals surface area contributed by atoms with Gasteiger partial charge in [0, 0.05) is 17.8 Å². The summed E-state index contributed by atoms with van der Waals surface area (Å²) in [6, 6.07) is 7.76. The van der Waals surface area contributed by atoms with Gasteiger partial charge >= 0.3 is 0 Å². The minimum Gasteiger partial charge on any atom is -0.376 e. The molecule has 154 valence electrons. The van der Waals surface area contributed by atoms with Crippen molar-refractivity contribution < 1.29 is 17.6 Å². The van der Waals surface area contributed by atoms with E-state index in [4.69, 9.17) is 0 Å². The molecule has 0 saturated carbocycles. The minimum atomic E-state index is -1.54. The smallest absolute Gasteiger partial charge is 0.194 e. The van der Waals surface area contributed by atoms with Crippen molar-refractivity contribution in [2.75, 3.05) is 5.32 Å². The van der Waals surface area contributed by atoms with Gasteiger partial charge < -0.3 is 5.32 Å². The molecule has 31 heavy (non-hydrogen) atoms. The molecule has 0 aliphatic carbocycles. The first-order valence-corrected chi connectivity index (χ1v) is 9.00. The Morgan fingerprint density at radius 1 is 0.903 bits per heavy atom. The maximum atomic E-state index is 13.6. The van der Waals surface area contributed by atoms with Gasteiger partial charge in [0.25, 0.3) is 0 Å². The normalized spacial score (nSPS) is 11.4. The summed E-state index contributed by atoms with van der Waals surface area (Å²) < 4.78 is 55.2. The van der Waals surface area contributed by atoms with Gasteiger partial charge in [0.15, 0.2) is 28.9 Å². The van der Waals surface area contributed by atoms with Crippen molar-refractivity contribution in [3.05, 3.63) is 77.9 Å². The van der Waals surface area contributed by atoms with Crippen molar-refractivity contribution in [1.82, 2.24) is 29.8 Å². The lowest BCUT2D eigenvalue weighted by molar-refractivity contribution is 0.447. The second-order valence-electron chi connectivity index (χ2n) is 6.59. The third-order valence-electron chi connectivity index (χ3n) is 4.59. The second kappa shape index (κ2) is 7.27. The van der Waals surface area contributed by atoms with Gasteiger partial charge in [-0.15, -0.1) is 10.2 Å². The Morgan fingerprint density at radius 2 is 1.71 bits per heavy atom. The van der Waals surface area contributed by atoms with E-state index < -0.39 is 23.3 Å². The van der Waals surface area contributed by atoms with E-state index in [2.05, 4.69) is 30.6 Å². The highest BCUT2D eigenvalue weighted by molar-refractivity contribution is 5.86. The van der Waals surface area contributed by atoms with Crippen LogP contribution < -0.4 is 5.32 Å². The molecule has 4 heterocycles. The van der Waals surface area contributed by atoms with Crippen LogP contribution in [0.2, 0.25) is 0 Å². The molecule has 11 heteroatoms. The van der Waals surface area contributed by atoms with E-state index in [-0.39, 0.29) is 17.8 Å². The highest BCUT2D eigenvalue weighted by Gasteiger charge is 2.15. The largest absolute Gasteiger partial charge is 0.376 e. The Hall–Kier alpha value is -4.15. The number of nitrogens with one attached hydrogen (secondary N) is 1.